The van der Waals surface area contributed by atoms with E-state index in [9.17, 15) is 18.0 Å². The first-order valence-corrected chi connectivity index (χ1v) is 6.68. The maximum Gasteiger partial charge on any atom is 0.434 e. The van der Waals surface area contributed by atoms with Crippen LogP contribution in [0.15, 0.2) is 18.2 Å². The second kappa shape index (κ2) is 5.64. The van der Waals surface area contributed by atoms with Gasteiger partial charge in [-0.05, 0) is 31.0 Å². The van der Waals surface area contributed by atoms with Crippen molar-refractivity contribution in [3.8, 4) is 0 Å². The quantitative estimate of drug-likeness (QED) is 0.905. The van der Waals surface area contributed by atoms with E-state index in [4.69, 9.17) is 11.6 Å². The molecule has 0 aliphatic carbocycles. The van der Waals surface area contributed by atoms with E-state index in [1.54, 1.807) is 19.1 Å². The van der Waals surface area contributed by atoms with E-state index in [2.05, 4.69) is 10.4 Å². The van der Waals surface area contributed by atoms with Gasteiger partial charge in [-0.1, -0.05) is 23.7 Å². The second-order valence-electron chi connectivity index (χ2n) is 4.83. The summed E-state index contributed by atoms with van der Waals surface area (Å²) >= 11 is 5.68. The minimum absolute atomic E-state index is 0.461. The molecule has 118 valence electrons. The molecule has 0 aliphatic rings. The third-order valence-corrected chi connectivity index (χ3v) is 3.68. The summed E-state index contributed by atoms with van der Waals surface area (Å²) in [5.74, 6) is -0.787. The lowest BCUT2D eigenvalue weighted by atomic mass is 10.1. The number of aromatic nitrogens is 2. The first-order chi connectivity index (χ1) is 10.1. The van der Waals surface area contributed by atoms with Crippen LogP contribution in [0.3, 0.4) is 0 Å². The van der Waals surface area contributed by atoms with Gasteiger partial charge in [0.15, 0.2) is 11.4 Å². The Labute approximate surface area is 129 Å². The molecule has 2 aromatic rings. The number of amides is 1. The van der Waals surface area contributed by atoms with Crippen molar-refractivity contribution in [1.29, 1.82) is 0 Å². The summed E-state index contributed by atoms with van der Waals surface area (Å²) in [5, 5.41) is 5.40. The molecule has 0 saturated heterocycles. The topological polar surface area (TPSA) is 46.9 Å². The maximum atomic E-state index is 12.9. The van der Waals surface area contributed by atoms with Gasteiger partial charge < -0.3 is 5.32 Å². The maximum absolute atomic E-state index is 12.9. The smallest absolute Gasteiger partial charge is 0.320 e. The van der Waals surface area contributed by atoms with Crippen LogP contribution < -0.4 is 5.32 Å². The van der Waals surface area contributed by atoms with Crippen LogP contribution in [-0.2, 0) is 13.2 Å². The minimum Gasteiger partial charge on any atom is -0.320 e. The SMILES string of the molecule is Cc1cccc(NC(=O)c2nn(C)c(C(F)(F)F)c2Cl)c1C. The van der Waals surface area contributed by atoms with Crippen LogP contribution in [0.2, 0.25) is 5.02 Å². The predicted molar refractivity (Wildman–Crippen MR) is 77.1 cm³/mol. The van der Waals surface area contributed by atoms with Crippen LogP contribution >= 0.6 is 11.6 Å². The lowest BCUT2D eigenvalue weighted by Gasteiger charge is -2.09. The van der Waals surface area contributed by atoms with Crippen molar-refractivity contribution in [3.05, 3.63) is 45.7 Å². The number of nitrogens with one attached hydrogen (secondary N) is 1. The molecule has 4 nitrogen and oxygen atoms in total. The van der Waals surface area contributed by atoms with Gasteiger partial charge in [-0.25, -0.2) is 0 Å². The number of carbonyl (C=O) groups excluding carboxylic acids is 1. The van der Waals surface area contributed by atoms with Gasteiger partial charge in [-0.3, -0.25) is 9.48 Å². The number of aryl methyl sites for hydroxylation is 2. The summed E-state index contributed by atoms with van der Waals surface area (Å²) in [7, 11) is 1.09. The largest absolute Gasteiger partial charge is 0.434 e. The lowest BCUT2D eigenvalue weighted by Crippen LogP contribution is -2.14. The fourth-order valence-corrected chi connectivity index (χ4v) is 2.37. The first-order valence-electron chi connectivity index (χ1n) is 6.30. The van der Waals surface area contributed by atoms with Crippen molar-refractivity contribution in [3.63, 3.8) is 0 Å². The molecule has 1 heterocycles. The number of anilines is 1. The van der Waals surface area contributed by atoms with E-state index < -0.39 is 28.5 Å². The molecule has 1 aromatic heterocycles. The number of nitrogens with zero attached hydrogens (tertiary/aromatic N) is 2. The van der Waals surface area contributed by atoms with Crippen LogP contribution in [0.5, 0.6) is 0 Å². The Balaban J connectivity index is 2.37. The van der Waals surface area contributed by atoms with Crippen molar-refractivity contribution in [2.45, 2.75) is 20.0 Å². The van der Waals surface area contributed by atoms with Crippen LogP contribution in [-0.4, -0.2) is 15.7 Å². The molecule has 22 heavy (non-hydrogen) atoms. The van der Waals surface area contributed by atoms with Gasteiger partial charge in [-0.15, -0.1) is 0 Å². The van der Waals surface area contributed by atoms with Crippen molar-refractivity contribution in [1.82, 2.24) is 9.78 Å². The average Bonchev–Trinajstić information content (AvgIpc) is 2.70. The molecule has 8 heteroatoms. The molecule has 0 atom stereocenters. The van der Waals surface area contributed by atoms with E-state index in [0.717, 1.165) is 18.2 Å². The molecule has 1 N–H and O–H groups in total. The minimum atomic E-state index is -4.68. The van der Waals surface area contributed by atoms with Crippen molar-refractivity contribution < 1.29 is 18.0 Å². The summed E-state index contributed by atoms with van der Waals surface area (Å²) < 4.78 is 39.1. The number of rotatable bonds is 2. The molecule has 1 aromatic carbocycles. The zero-order chi connectivity index (χ0) is 16.7. The zero-order valence-corrected chi connectivity index (χ0v) is 12.8. The van der Waals surface area contributed by atoms with Crippen molar-refractivity contribution in [2.24, 2.45) is 7.05 Å². The molecule has 0 saturated carbocycles. The number of benzene rings is 1. The highest BCUT2D eigenvalue weighted by Crippen LogP contribution is 2.36. The highest BCUT2D eigenvalue weighted by molar-refractivity contribution is 6.34. The highest BCUT2D eigenvalue weighted by Gasteiger charge is 2.40. The molecule has 0 bridgehead atoms. The summed E-state index contributed by atoms with van der Waals surface area (Å²) in [6, 6.07) is 5.25. The third-order valence-electron chi connectivity index (χ3n) is 3.33. The van der Waals surface area contributed by atoms with E-state index in [-0.39, 0.29) is 0 Å². The Morgan fingerprint density at radius 3 is 2.50 bits per heavy atom. The fourth-order valence-electron chi connectivity index (χ4n) is 2.02. The van der Waals surface area contributed by atoms with E-state index >= 15 is 0 Å². The van der Waals surface area contributed by atoms with Crippen LogP contribution in [0.4, 0.5) is 18.9 Å². The monoisotopic (exact) mass is 331 g/mol. The summed E-state index contributed by atoms with van der Waals surface area (Å²) in [6.07, 6.45) is -4.68. The summed E-state index contributed by atoms with van der Waals surface area (Å²) in [6.45, 7) is 3.66. The summed E-state index contributed by atoms with van der Waals surface area (Å²) in [5.41, 5.74) is 0.651. The number of carbonyl (C=O) groups is 1. The second-order valence-corrected chi connectivity index (χ2v) is 5.21. The normalized spacial score (nSPS) is 11.6. The lowest BCUT2D eigenvalue weighted by molar-refractivity contribution is -0.143. The average molecular weight is 332 g/mol. The first kappa shape index (κ1) is 16.4. The summed E-state index contributed by atoms with van der Waals surface area (Å²) in [4.78, 5) is 12.2. The van der Waals surface area contributed by atoms with Gasteiger partial charge in [0.2, 0.25) is 0 Å². The molecular formula is C14H13ClF3N3O. The van der Waals surface area contributed by atoms with E-state index in [1.807, 2.05) is 13.0 Å². The van der Waals surface area contributed by atoms with Gasteiger partial charge in [0.25, 0.3) is 5.91 Å². The zero-order valence-electron chi connectivity index (χ0n) is 12.0. The number of halogens is 4. The Bertz CT molecular complexity index is 738. The van der Waals surface area contributed by atoms with E-state index in [0.29, 0.717) is 10.4 Å². The van der Waals surface area contributed by atoms with Gasteiger partial charge in [-0.2, -0.15) is 18.3 Å². The standard InChI is InChI=1S/C14H13ClF3N3O/c1-7-5-4-6-9(8(7)2)19-13(22)11-10(15)12(14(16,17)18)21(3)20-11/h4-6H,1-3H3,(H,19,22). The van der Waals surface area contributed by atoms with Crippen LogP contribution in [0, 0.1) is 13.8 Å². The van der Waals surface area contributed by atoms with Gasteiger partial charge >= 0.3 is 6.18 Å². The number of hydrogen-bond donors (Lipinski definition) is 1. The fraction of sp³-hybridized carbons (Fsp3) is 0.286. The molecule has 0 spiro atoms. The molecule has 2 rings (SSSR count). The van der Waals surface area contributed by atoms with Gasteiger partial charge in [0, 0.05) is 12.7 Å². The Morgan fingerprint density at radius 2 is 1.95 bits per heavy atom. The van der Waals surface area contributed by atoms with E-state index in [1.165, 1.54) is 0 Å². The third kappa shape index (κ3) is 2.94. The van der Waals surface area contributed by atoms with Crippen molar-refractivity contribution >= 4 is 23.2 Å². The Morgan fingerprint density at radius 1 is 1.32 bits per heavy atom. The molecule has 0 fully saturated rings. The van der Waals surface area contributed by atoms with Crippen molar-refractivity contribution in [2.75, 3.05) is 5.32 Å². The predicted octanol–water partition coefficient (Wildman–Crippen LogP) is 3.96. The Hall–Kier alpha value is -2.02. The van der Waals surface area contributed by atoms with Gasteiger partial charge in [0.1, 0.15) is 5.02 Å². The molecule has 0 aliphatic heterocycles. The number of hydrogen-bond acceptors (Lipinski definition) is 2. The highest BCUT2D eigenvalue weighted by atomic mass is 35.5. The molecule has 0 radical (unpaired) electrons. The van der Waals surface area contributed by atoms with Gasteiger partial charge in [0.05, 0.1) is 0 Å². The molecule has 1 amide bonds. The van der Waals surface area contributed by atoms with Crippen LogP contribution in [0.1, 0.15) is 27.3 Å². The number of alkyl halides is 3. The molecular weight excluding hydrogens is 319 g/mol. The van der Waals surface area contributed by atoms with Crippen LogP contribution in [0.25, 0.3) is 0 Å². The Kier molecular flexibility index (Phi) is 4.19. The molecule has 0 unspecified atom stereocenters.